The van der Waals surface area contributed by atoms with E-state index in [1.54, 1.807) is 12.2 Å². The number of benzene rings is 2. The summed E-state index contributed by atoms with van der Waals surface area (Å²) < 4.78 is 6.57. The van der Waals surface area contributed by atoms with Crippen LogP contribution in [0.2, 0.25) is 0 Å². The molecule has 1 N–H and O–H groups in total. The molecule has 4 heteroatoms. The molecule has 2 aromatic rings. The highest BCUT2D eigenvalue weighted by molar-refractivity contribution is 6.11. The van der Waals surface area contributed by atoms with Crippen LogP contribution in [0.3, 0.4) is 0 Å². The van der Waals surface area contributed by atoms with Gasteiger partial charge in [0, 0.05) is 22.8 Å². The third-order valence-electron chi connectivity index (χ3n) is 5.75. The van der Waals surface area contributed by atoms with Crippen LogP contribution in [0.5, 0.6) is 0 Å². The fourth-order valence-corrected chi connectivity index (χ4v) is 4.32. The summed E-state index contributed by atoms with van der Waals surface area (Å²) in [5.74, 6) is -2.00. The molecule has 5 rings (SSSR count). The van der Waals surface area contributed by atoms with E-state index >= 15 is 0 Å². The third kappa shape index (κ3) is 2.60. The first-order chi connectivity index (χ1) is 14.1. The molecule has 29 heavy (non-hydrogen) atoms. The van der Waals surface area contributed by atoms with E-state index in [2.05, 4.69) is 0 Å². The van der Waals surface area contributed by atoms with Gasteiger partial charge in [-0.2, -0.15) is 0 Å². The summed E-state index contributed by atoms with van der Waals surface area (Å²) in [6, 6.07) is 19.8. The van der Waals surface area contributed by atoms with Crippen LogP contribution >= 0.6 is 0 Å². The van der Waals surface area contributed by atoms with Crippen molar-refractivity contribution >= 4 is 11.6 Å². The number of rotatable bonds is 2. The molecule has 0 fully saturated rings. The molecule has 0 saturated carbocycles. The second-order valence-corrected chi connectivity index (χ2v) is 7.38. The second-order valence-electron chi connectivity index (χ2n) is 7.38. The zero-order valence-corrected chi connectivity index (χ0v) is 15.5. The van der Waals surface area contributed by atoms with Gasteiger partial charge in [0.2, 0.25) is 5.78 Å². The molecule has 2 aliphatic carbocycles. The molecule has 0 bridgehead atoms. The van der Waals surface area contributed by atoms with Crippen LogP contribution in [0.25, 0.3) is 0 Å². The van der Waals surface area contributed by atoms with E-state index in [1.807, 2.05) is 72.8 Å². The van der Waals surface area contributed by atoms with Crippen molar-refractivity contribution in [1.29, 1.82) is 0 Å². The molecule has 1 heterocycles. The van der Waals surface area contributed by atoms with E-state index in [0.29, 0.717) is 11.3 Å². The quantitative estimate of drug-likeness (QED) is 0.847. The van der Waals surface area contributed by atoms with Crippen LogP contribution in [-0.2, 0) is 19.9 Å². The van der Waals surface area contributed by atoms with Crippen molar-refractivity contribution < 1.29 is 19.4 Å². The molecule has 0 aromatic heterocycles. The van der Waals surface area contributed by atoms with Gasteiger partial charge in [0.15, 0.2) is 17.1 Å². The Morgan fingerprint density at radius 3 is 2.10 bits per heavy atom. The lowest BCUT2D eigenvalue weighted by molar-refractivity contribution is -0.129. The maximum Gasteiger partial charge on any atom is 0.205 e. The number of aliphatic hydroxyl groups excluding tert-OH is 1. The van der Waals surface area contributed by atoms with Crippen LogP contribution in [-0.4, -0.2) is 16.7 Å². The summed E-state index contributed by atoms with van der Waals surface area (Å²) in [6.45, 7) is 0. The van der Waals surface area contributed by atoms with Gasteiger partial charge in [0.25, 0.3) is 0 Å². The second kappa shape index (κ2) is 6.45. The predicted octanol–water partition coefficient (Wildman–Crippen LogP) is 4.17. The predicted molar refractivity (Wildman–Crippen MR) is 108 cm³/mol. The van der Waals surface area contributed by atoms with Gasteiger partial charge in [-0.1, -0.05) is 72.8 Å². The van der Waals surface area contributed by atoms with Crippen molar-refractivity contribution in [3.63, 3.8) is 0 Å². The Labute approximate surface area is 168 Å². The van der Waals surface area contributed by atoms with E-state index in [0.717, 1.165) is 17.2 Å². The summed E-state index contributed by atoms with van der Waals surface area (Å²) in [7, 11) is 0. The normalized spacial score (nSPS) is 24.5. The molecule has 2 atom stereocenters. The first-order valence-corrected chi connectivity index (χ1v) is 9.50. The zero-order chi connectivity index (χ0) is 20.0. The van der Waals surface area contributed by atoms with Gasteiger partial charge in [-0.3, -0.25) is 9.59 Å². The SMILES string of the molecule is O=C1C(O)=CC(=O)C2C3=C(C=CC12)OC(c1ccccc1)(c1ccccc1)C=C3. The smallest absolute Gasteiger partial charge is 0.205 e. The lowest BCUT2D eigenvalue weighted by atomic mass is 9.71. The van der Waals surface area contributed by atoms with Crippen molar-refractivity contribution in [2.45, 2.75) is 5.60 Å². The summed E-state index contributed by atoms with van der Waals surface area (Å²) in [6.07, 6.45) is 8.26. The van der Waals surface area contributed by atoms with E-state index < -0.39 is 29.0 Å². The van der Waals surface area contributed by atoms with Gasteiger partial charge in [-0.25, -0.2) is 0 Å². The number of carbonyl (C=O) groups excluding carboxylic acids is 2. The largest absolute Gasteiger partial charge is 0.504 e. The van der Waals surface area contributed by atoms with Crippen molar-refractivity contribution in [2.75, 3.05) is 0 Å². The Morgan fingerprint density at radius 1 is 0.862 bits per heavy atom. The molecule has 0 radical (unpaired) electrons. The van der Waals surface area contributed by atoms with Crippen LogP contribution in [0.1, 0.15) is 11.1 Å². The number of ether oxygens (including phenoxy) is 1. The first-order valence-electron chi connectivity index (χ1n) is 9.50. The number of ketones is 2. The van der Waals surface area contributed by atoms with E-state index in [1.165, 1.54) is 0 Å². The minimum absolute atomic E-state index is 0.288. The van der Waals surface area contributed by atoms with Gasteiger partial charge in [0.1, 0.15) is 5.76 Å². The summed E-state index contributed by atoms with van der Waals surface area (Å²) in [5, 5.41) is 9.76. The van der Waals surface area contributed by atoms with E-state index in [9.17, 15) is 14.7 Å². The van der Waals surface area contributed by atoms with Gasteiger partial charge in [-0.15, -0.1) is 0 Å². The minimum atomic E-state index is -0.835. The fraction of sp³-hybridized carbons (Fsp3) is 0.120. The van der Waals surface area contributed by atoms with Gasteiger partial charge >= 0.3 is 0 Å². The third-order valence-corrected chi connectivity index (χ3v) is 5.75. The number of allylic oxidation sites excluding steroid dienone is 6. The number of carbonyl (C=O) groups is 2. The Kier molecular flexibility index (Phi) is 3.88. The minimum Gasteiger partial charge on any atom is -0.504 e. The first kappa shape index (κ1) is 17.4. The summed E-state index contributed by atoms with van der Waals surface area (Å²) >= 11 is 0. The average Bonchev–Trinajstić information content (AvgIpc) is 2.77. The molecule has 3 aliphatic rings. The highest BCUT2D eigenvalue weighted by atomic mass is 16.5. The molecule has 0 amide bonds. The highest BCUT2D eigenvalue weighted by Crippen LogP contribution is 2.46. The number of fused-ring (bicyclic) bond motifs is 2. The molecule has 142 valence electrons. The van der Waals surface area contributed by atoms with Crippen LogP contribution < -0.4 is 0 Å². The van der Waals surface area contributed by atoms with Gasteiger partial charge in [-0.05, 0) is 12.2 Å². The maximum absolute atomic E-state index is 12.6. The van der Waals surface area contributed by atoms with Crippen molar-refractivity contribution in [2.24, 2.45) is 11.8 Å². The number of hydrogen-bond donors (Lipinski definition) is 1. The van der Waals surface area contributed by atoms with Crippen molar-refractivity contribution in [3.05, 3.63) is 119 Å². The molecule has 4 nitrogen and oxygen atoms in total. The Bertz CT molecular complexity index is 1080. The number of Topliss-reactive ketones (excluding diaryl/α,β-unsaturated/α-hetero) is 1. The van der Waals surface area contributed by atoms with Crippen molar-refractivity contribution in [1.82, 2.24) is 0 Å². The van der Waals surface area contributed by atoms with Crippen LogP contribution in [0.4, 0.5) is 0 Å². The topological polar surface area (TPSA) is 63.6 Å². The van der Waals surface area contributed by atoms with Crippen LogP contribution in [0.15, 0.2) is 108 Å². The highest BCUT2D eigenvalue weighted by Gasteiger charge is 2.45. The molecule has 1 aliphatic heterocycles. The average molecular weight is 382 g/mol. The van der Waals surface area contributed by atoms with Crippen molar-refractivity contribution in [3.8, 4) is 0 Å². The number of hydrogen-bond acceptors (Lipinski definition) is 4. The monoisotopic (exact) mass is 382 g/mol. The zero-order valence-electron chi connectivity index (χ0n) is 15.5. The Morgan fingerprint density at radius 2 is 1.48 bits per heavy atom. The van der Waals surface area contributed by atoms with E-state index in [4.69, 9.17) is 4.74 Å². The fourth-order valence-electron chi connectivity index (χ4n) is 4.32. The Hall–Kier alpha value is -3.66. The van der Waals surface area contributed by atoms with Crippen LogP contribution in [0, 0.1) is 11.8 Å². The standard InChI is InChI=1S/C25H18O4/c26-20-15-21(27)24(28)19-11-12-22-18(23(19)20)13-14-25(29-22,16-7-3-1-4-8-16)17-9-5-2-6-10-17/h1-15,19,23,27H. The molecule has 2 unspecified atom stereocenters. The number of aliphatic hydroxyl groups is 1. The lowest BCUT2D eigenvalue weighted by Crippen LogP contribution is -2.39. The lowest BCUT2D eigenvalue weighted by Gasteiger charge is -2.40. The summed E-state index contributed by atoms with van der Waals surface area (Å²) in [4.78, 5) is 24.9. The molecular formula is C25H18O4. The molecular weight excluding hydrogens is 364 g/mol. The molecule has 2 aromatic carbocycles. The molecule has 0 saturated heterocycles. The van der Waals surface area contributed by atoms with Gasteiger partial charge < -0.3 is 9.84 Å². The Balaban J connectivity index is 1.63. The van der Waals surface area contributed by atoms with Gasteiger partial charge in [0.05, 0.1) is 11.8 Å². The summed E-state index contributed by atoms with van der Waals surface area (Å²) in [5.41, 5.74) is 1.77. The van der Waals surface area contributed by atoms with E-state index in [-0.39, 0.29) is 5.78 Å². The maximum atomic E-state index is 12.6. The molecule has 0 spiro atoms.